The molecule has 2 rings (SSSR count). The second kappa shape index (κ2) is 9.33. The highest BCUT2D eigenvalue weighted by Gasteiger charge is 2.29. The molecule has 0 aromatic heterocycles. The zero-order valence-corrected chi connectivity index (χ0v) is 14.9. The van der Waals surface area contributed by atoms with Crippen LogP contribution in [0.3, 0.4) is 0 Å². The minimum absolute atomic E-state index is 0.159. The van der Waals surface area contributed by atoms with Gasteiger partial charge in [-0.15, -0.1) is 0 Å². The molecule has 27 heavy (non-hydrogen) atoms. The average Bonchev–Trinajstić information content (AvgIpc) is 2.68. The van der Waals surface area contributed by atoms with Gasteiger partial charge in [0.2, 0.25) is 0 Å². The average molecular weight is 372 g/mol. The van der Waals surface area contributed by atoms with Gasteiger partial charge in [0, 0.05) is 25.4 Å². The number of nitrogens with one attached hydrogen (secondary N) is 1. The molecule has 9 heteroatoms. The molecule has 1 amide bonds. The molecule has 0 atom stereocenters. The lowest BCUT2D eigenvalue weighted by Gasteiger charge is -2.30. The quantitative estimate of drug-likeness (QED) is 0.267. The third-order valence-corrected chi connectivity index (χ3v) is 4.23. The van der Waals surface area contributed by atoms with Gasteiger partial charge >= 0.3 is 5.97 Å². The van der Waals surface area contributed by atoms with Crippen molar-refractivity contribution in [1.82, 2.24) is 4.90 Å². The number of nitro groups is 1. The van der Waals surface area contributed by atoms with E-state index in [0.717, 1.165) is 0 Å². The number of hydrogen-bond acceptors (Lipinski definition) is 7. The summed E-state index contributed by atoms with van der Waals surface area (Å²) >= 11 is 0. The molecule has 9 nitrogen and oxygen atoms in total. The summed E-state index contributed by atoms with van der Waals surface area (Å²) in [5.41, 5.74) is -0.138. The third-order valence-electron chi connectivity index (χ3n) is 4.23. The molecule has 142 valence electrons. The first-order chi connectivity index (χ1) is 13.0. The molecule has 1 fully saturated rings. The van der Waals surface area contributed by atoms with Crippen LogP contribution in [0.1, 0.15) is 19.8 Å². The fourth-order valence-corrected chi connectivity index (χ4v) is 2.80. The summed E-state index contributed by atoms with van der Waals surface area (Å²) in [5, 5.41) is 23.0. The molecular weight excluding hydrogens is 352 g/mol. The van der Waals surface area contributed by atoms with Gasteiger partial charge < -0.3 is 15.0 Å². The van der Waals surface area contributed by atoms with E-state index in [2.05, 4.69) is 5.32 Å². The molecule has 1 N–H and O–H groups in total. The number of carbonyl (C=O) groups excluding carboxylic acids is 2. The predicted molar refractivity (Wildman–Crippen MR) is 96.4 cm³/mol. The minimum Gasteiger partial charge on any atom is -0.466 e. The van der Waals surface area contributed by atoms with Gasteiger partial charge in [0.15, 0.2) is 0 Å². The van der Waals surface area contributed by atoms with E-state index in [1.807, 2.05) is 6.07 Å². The first-order valence-electron chi connectivity index (χ1n) is 8.54. The van der Waals surface area contributed by atoms with Crippen LogP contribution in [0.2, 0.25) is 0 Å². The number of rotatable bonds is 6. The van der Waals surface area contributed by atoms with Gasteiger partial charge in [0.1, 0.15) is 17.3 Å². The summed E-state index contributed by atoms with van der Waals surface area (Å²) in [7, 11) is 0. The van der Waals surface area contributed by atoms with E-state index >= 15 is 0 Å². The first kappa shape index (κ1) is 19.9. The maximum absolute atomic E-state index is 12.5. The Morgan fingerprint density at radius 3 is 2.67 bits per heavy atom. The van der Waals surface area contributed by atoms with Crippen molar-refractivity contribution < 1.29 is 19.2 Å². The van der Waals surface area contributed by atoms with Gasteiger partial charge in [-0.1, -0.05) is 12.1 Å². The highest BCUT2D eigenvalue weighted by Crippen LogP contribution is 2.24. The Morgan fingerprint density at radius 2 is 2.07 bits per heavy atom. The van der Waals surface area contributed by atoms with Gasteiger partial charge in [-0.05, 0) is 25.8 Å². The molecule has 1 heterocycles. The van der Waals surface area contributed by atoms with E-state index in [0.29, 0.717) is 32.5 Å². The molecule has 0 spiro atoms. The summed E-state index contributed by atoms with van der Waals surface area (Å²) in [4.78, 5) is 36.2. The van der Waals surface area contributed by atoms with Crippen molar-refractivity contribution in [3.8, 4) is 6.07 Å². The number of para-hydroxylation sites is 2. The van der Waals surface area contributed by atoms with E-state index in [-0.39, 0.29) is 28.8 Å². The molecular formula is C18H20N4O5. The molecule has 1 aromatic carbocycles. The zero-order chi connectivity index (χ0) is 19.8. The second-order valence-electron chi connectivity index (χ2n) is 5.91. The lowest BCUT2D eigenvalue weighted by atomic mass is 9.96. The number of nitriles is 1. The smallest absolute Gasteiger partial charge is 0.309 e. The number of nitrogens with zero attached hydrogens (tertiary/aromatic N) is 3. The van der Waals surface area contributed by atoms with E-state index < -0.39 is 10.8 Å². The number of esters is 1. The van der Waals surface area contributed by atoms with E-state index in [1.54, 1.807) is 13.0 Å². The summed E-state index contributed by atoms with van der Waals surface area (Å²) < 4.78 is 4.99. The van der Waals surface area contributed by atoms with Crippen LogP contribution in [-0.4, -0.2) is 41.4 Å². The fraction of sp³-hybridized carbons (Fsp3) is 0.389. The Hall–Kier alpha value is -3.41. The van der Waals surface area contributed by atoms with Crippen LogP contribution in [0.4, 0.5) is 11.4 Å². The van der Waals surface area contributed by atoms with Gasteiger partial charge in [-0.25, -0.2) is 0 Å². The summed E-state index contributed by atoms with van der Waals surface area (Å²) in [5.74, 6) is -0.988. The van der Waals surface area contributed by atoms with Crippen molar-refractivity contribution in [1.29, 1.82) is 5.26 Å². The number of ether oxygens (including phenoxy) is 1. The zero-order valence-electron chi connectivity index (χ0n) is 14.9. The largest absolute Gasteiger partial charge is 0.466 e. The molecule has 0 saturated carbocycles. The van der Waals surface area contributed by atoms with Crippen LogP contribution >= 0.6 is 0 Å². The summed E-state index contributed by atoms with van der Waals surface area (Å²) in [6.45, 7) is 2.74. The van der Waals surface area contributed by atoms with Crippen LogP contribution in [-0.2, 0) is 14.3 Å². The Morgan fingerprint density at radius 1 is 1.41 bits per heavy atom. The van der Waals surface area contributed by atoms with Crippen LogP contribution in [0, 0.1) is 27.4 Å². The molecule has 1 aliphatic rings. The Labute approximate surface area is 156 Å². The van der Waals surface area contributed by atoms with E-state index in [4.69, 9.17) is 4.74 Å². The third kappa shape index (κ3) is 5.04. The van der Waals surface area contributed by atoms with Crippen LogP contribution in [0.15, 0.2) is 36.0 Å². The van der Waals surface area contributed by atoms with E-state index in [9.17, 15) is 25.0 Å². The Kier molecular flexibility index (Phi) is 6.88. The maximum Gasteiger partial charge on any atom is 0.309 e. The molecule has 0 unspecified atom stereocenters. The number of piperidine rings is 1. The molecule has 1 saturated heterocycles. The predicted octanol–water partition coefficient (Wildman–Crippen LogP) is 2.22. The second-order valence-corrected chi connectivity index (χ2v) is 5.91. The van der Waals surface area contributed by atoms with Gasteiger partial charge in [-0.2, -0.15) is 5.26 Å². The number of anilines is 1. The van der Waals surface area contributed by atoms with Crippen molar-refractivity contribution in [2.75, 3.05) is 25.0 Å². The maximum atomic E-state index is 12.5. The van der Waals surface area contributed by atoms with Crippen molar-refractivity contribution in [2.45, 2.75) is 19.8 Å². The highest BCUT2D eigenvalue weighted by atomic mass is 16.6. The van der Waals surface area contributed by atoms with Crippen LogP contribution in [0.5, 0.6) is 0 Å². The minimum atomic E-state index is -0.551. The number of hydrogen-bond donors (Lipinski definition) is 1. The number of carbonyl (C=O) groups is 2. The molecule has 0 radical (unpaired) electrons. The monoisotopic (exact) mass is 372 g/mol. The fourth-order valence-electron chi connectivity index (χ4n) is 2.80. The summed E-state index contributed by atoms with van der Waals surface area (Å²) in [6.07, 6.45) is 2.11. The molecule has 0 aliphatic carbocycles. The highest BCUT2D eigenvalue weighted by molar-refractivity contribution is 5.97. The standard InChI is InChI=1S/C18H20N4O5/c1-2-27-18(24)13-7-9-21(10-8-13)17(23)14(11-19)12-20-15-5-3-4-6-16(15)22(25)26/h3-6,12-13,20H,2,7-10H2,1H3/b14-12-. The molecule has 0 bridgehead atoms. The number of amides is 1. The molecule has 1 aliphatic heterocycles. The van der Waals surface area contributed by atoms with Crippen LogP contribution < -0.4 is 5.32 Å². The lowest BCUT2D eigenvalue weighted by Crippen LogP contribution is -2.41. The topological polar surface area (TPSA) is 126 Å². The van der Waals surface area contributed by atoms with Crippen molar-refractivity contribution >= 4 is 23.3 Å². The van der Waals surface area contributed by atoms with Gasteiger partial charge in [0.25, 0.3) is 11.6 Å². The van der Waals surface area contributed by atoms with E-state index in [1.165, 1.54) is 29.3 Å². The van der Waals surface area contributed by atoms with Gasteiger partial charge in [0.05, 0.1) is 17.4 Å². The SMILES string of the molecule is CCOC(=O)C1CCN(C(=O)/C(C#N)=C\Nc2ccccc2[N+](=O)[O-])CC1. The van der Waals surface area contributed by atoms with Crippen molar-refractivity contribution in [2.24, 2.45) is 5.92 Å². The number of benzene rings is 1. The van der Waals surface area contributed by atoms with Crippen LogP contribution in [0.25, 0.3) is 0 Å². The van der Waals surface area contributed by atoms with Gasteiger partial charge in [-0.3, -0.25) is 19.7 Å². The van der Waals surface area contributed by atoms with Crippen molar-refractivity contribution in [3.05, 3.63) is 46.2 Å². The number of nitro benzene ring substituents is 1. The Bertz CT molecular complexity index is 791. The lowest BCUT2D eigenvalue weighted by molar-refractivity contribution is -0.383. The molecule has 1 aromatic rings. The Balaban J connectivity index is 2.03. The first-order valence-corrected chi connectivity index (χ1v) is 8.54. The normalized spacial score (nSPS) is 15.0. The summed E-state index contributed by atoms with van der Waals surface area (Å²) in [6, 6.07) is 7.76. The number of likely N-dealkylation sites (tertiary alicyclic amines) is 1. The van der Waals surface area contributed by atoms with Crippen molar-refractivity contribution in [3.63, 3.8) is 0 Å².